The summed E-state index contributed by atoms with van der Waals surface area (Å²) in [4.78, 5) is 27.4. The van der Waals surface area contributed by atoms with Crippen LogP contribution in [0, 0.1) is 12.7 Å². The Bertz CT molecular complexity index is 815. The number of amides is 1. The van der Waals surface area contributed by atoms with E-state index in [1.165, 1.54) is 12.1 Å². The Hall–Kier alpha value is -1.89. The first kappa shape index (κ1) is 18.4. The molecule has 0 atom stereocenters. The van der Waals surface area contributed by atoms with Crippen LogP contribution in [0.25, 0.3) is 0 Å². The number of aryl methyl sites for hydroxylation is 1. The van der Waals surface area contributed by atoms with Crippen molar-refractivity contribution in [2.45, 2.75) is 6.92 Å². The van der Waals surface area contributed by atoms with Gasteiger partial charge in [-0.25, -0.2) is 14.2 Å². The van der Waals surface area contributed by atoms with E-state index in [1.54, 1.807) is 6.92 Å². The zero-order chi connectivity index (χ0) is 17.9. The molecule has 2 aromatic rings. The van der Waals surface area contributed by atoms with Crippen molar-refractivity contribution in [3.63, 3.8) is 0 Å². The van der Waals surface area contributed by atoms with Crippen LogP contribution in [0.4, 0.5) is 10.1 Å². The van der Waals surface area contributed by atoms with Crippen LogP contribution in [0.1, 0.15) is 16.1 Å². The lowest BCUT2D eigenvalue weighted by Gasteiger charge is -2.09. The van der Waals surface area contributed by atoms with E-state index in [-0.39, 0.29) is 26.4 Å². The molecule has 0 saturated carbocycles. The predicted octanol–water partition coefficient (Wildman–Crippen LogP) is 4.28. The highest BCUT2D eigenvalue weighted by Gasteiger charge is 2.19. The van der Waals surface area contributed by atoms with Crippen LogP contribution < -0.4 is 5.32 Å². The van der Waals surface area contributed by atoms with Crippen molar-refractivity contribution in [2.24, 2.45) is 0 Å². The maximum atomic E-state index is 13.2. The van der Waals surface area contributed by atoms with Gasteiger partial charge >= 0.3 is 5.97 Å². The second kappa shape index (κ2) is 7.79. The normalized spacial score (nSPS) is 10.4. The highest BCUT2D eigenvalue weighted by Crippen LogP contribution is 2.31. The minimum absolute atomic E-state index is 0.0416. The van der Waals surface area contributed by atoms with Crippen LogP contribution in [0.5, 0.6) is 0 Å². The second-order valence-electron chi connectivity index (χ2n) is 4.67. The van der Waals surface area contributed by atoms with Gasteiger partial charge in [0.1, 0.15) is 5.82 Å². The number of rotatable bonds is 4. The molecule has 0 fully saturated rings. The second-order valence-corrected chi connectivity index (χ2v) is 5.83. The van der Waals surface area contributed by atoms with Gasteiger partial charge in [0.2, 0.25) is 0 Å². The average molecular weight is 392 g/mol. The number of carbonyl (C=O) groups is 2. The number of ether oxygens (including phenoxy) is 1. The Kier molecular flexibility index (Phi) is 5.99. The molecular formula is C15H10Cl3FN2O3. The third-order valence-electron chi connectivity index (χ3n) is 2.92. The smallest absolute Gasteiger partial charge is 0.359 e. The first-order chi connectivity index (χ1) is 11.3. The lowest BCUT2D eigenvalue weighted by Crippen LogP contribution is -2.22. The van der Waals surface area contributed by atoms with Crippen molar-refractivity contribution in [1.29, 1.82) is 0 Å². The van der Waals surface area contributed by atoms with Gasteiger partial charge in [-0.05, 0) is 24.6 Å². The maximum Gasteiger partial charge on any atom is 0.359 e. The van der Waals surface area contributed by atoms with Crippen LogP contribution in [-0.2, 0) is 9.53 Å². The number of carbonyl (C=O) groups excluding carboxylic acids is 2. The SMILES string of the molecule is Cc1ccc(F)cc1NC(=O)COC(=O)c1ncc(Cl)c(Cl)c1Cl. The van der Waals surface area contributed by atoms with E-state index in [4.69, 9.17) is 39.5 Å². The van der Waals surface area contributed by atoms with Crippen LogP contribution >= 0.6 is 34.8 Å². The standard InChI is InChI=1S/C15H10Cl3FN2O3/c1-7-2-3-8(19)4-10(7)21-11(22)6-24-15(23)14-13(18)12(17)9(16)5-20-14/h2-5H,6H2,1H3,(H,21,22). The average Bonchev–Trinajstić information content (AvgIpc) is 2.54. The molecule has 24 heavy (non-hydrogen) atoms. The van der Waals surface area contributed by atoms with E-state index in [0.717, 1.165) is 12.3 Å². The number of nitrogens with one attached hydrogen (secondary N) is 1. The van der Waals surface area contributed by atoms with Gasteiger partial charge in [-0.3, -0.25) is 4.79 Å². The van der Waals surface area contributed by atoms with Crippen molar-refractivity contribution >= 4 is 52.4 Å². The molecule has 0 bridgehead atoms. The number of benzene rings is 1. The van der Waals surface area contributed by atoms with E-state index in [0.29, 0.717) is 5.56 Å². The number of pyridine rings is 1. The maximum absolute atomic E-state index is 13.2. The lowest BCUT2D eigenvalue weighted by atomic mass is 10.2. The van der Waals surface area contributed by atoms with Gasteiger partial charge in [-0.2, -0.15) is 0 Å². The third kappa shape index (κ3) is 4.35. The predicted molar refractivity (Wildman–Crippen MR) is 89.3 cm³/mol. The molecule has 0 aliphatic heterocycles. The molecule has 1 heterocycles. The minimum Gasteiger partial charge on any atom is -0.451 e. The summed E-state index contributed by atoms with van der Waals surface area (Å²) in [6.07, 6.45) is 1.14. The molecule has 0 aliphatic carbocycles. The van der Waals surface area contributed by atoms with E-state index >= 15 is 0 Å². The topological polar surface area (TPSA) is 68.3 Å². The molecule has 1 amide bonds. The number of esters is 1. The monoisotopic (exact) mass is 390 g/mol. The number of aromatic nitrogens is 1. The van der Waals surface area contributed by atoms with Crippen LogP contribution in [-0.4, -0.2) is 23.5 Å². The Morgan fingerprint density at radius 2 is 1.96 bits per heavy atom. The first-order valence-electron chi connectivity index (χ1n) is 6.52. The van der Waals surface area contributed by atoms with Crippen molar-refractivity contribution in [3.8, 4) is 0 Å². The van der Waals surface area contributed by atoms with E-state index in [1.807, 2.05) is 0 Å². The Balaban J connectivity index is 2.00. The third-order valence-corrected chi connectivity index (χ3v) is 4.16. The fourth-order valence-electron chi connectivity index (χ4n) is 1.70. The Morgan fingerprint density at radius 1 is 1.25 bits per heavy atom. The lowest BCUT2D eigenvalue weighted by molar-refractivity contribution is -0.119. The zero-order valence-corrected chi connectivity index (χ0v) is 14.5. The van der Waals surface area contributed by atoms with Crippen molar-refractivity contribution in [2.75, 3.05) is 11.9 Å². The van der Waals surface area contributed by atoms with Crippen molar-refractivity contribution in [3.05, 3.63) is 56.5 Å². The van der Waals surface area contributed by atoms with Gasteiger partial charge in [0.05, 0.1) is 15.1 Å². The summed E-state index contributed by atoms with van der Waals surface area (Å²) in [6, 6.07) is 3.94. The fraction of sp³-hybridized carbons (Fsp3) is 0.133. The van der Waals surface area contributed by atoms with Gasteiger partial charge in [0.25, 0.3) is 5.91 Å². The molecule has 1 aromatic carbocycles. The van der Waals surface area contributed by atoms with Gasteiger partial charge in [0, 0.05) is 11.9 Å². The molecule has 0 spiro atoms. The number of hydrogen-bond donors (Lipinski definition) is 1. The minimum atomic E-state index is -0.940. The molecule has 1 aromatic heterocycles. The van der Waals surface area contributed by atoms with Gasteiger partial charge in [-0.15, -0.1) is 0 Å². The van der Waals surface area contributed by atoms with Crippen LogP contribution in [0.15, 0.2) is 24.4 Å². The van der Waals surface area contributed by atoms with Gasteiger partial charge < -0.3 is 10.1 Å². The molecule has 126 valence electrons. The quantitative estimate of drug-likeness (QED) is 0.790. The molecule has 0 unspecified atom stereocenters. The van der Waals surface area contributed by atoms with Gasteiger partial charge in [-0.1, -0.05) is 40.9 Å². The van der Waals surface area contributed by atoms with E-state index in [9.17, 15) is 14.0 Å². The largest absolute Gasteiger partial charge is 0.451 e. The van der Waals surface area contributed by atoms with Crippen LogP contribution in [0.2, 0.25) is 15.1 Å². The number of anilines is 1. The molecule has 0 radical (unpaired) electrons. The Morgan fingerprint density at radius 3 is 2.67 bits per heavy atom. The number of halogens is 4. The van der Waals surface area contributed by atoms with Crippen LogP contribution in [0.3, 0.4) is 0 Å². The molecule has 1 N–H and O–H groups in total. The molecule has 5 nitrogen and oxygen atoms in total. The summed E-state index contributed by atoms with van der Waals surface area (Å²) in [5.41, 5.74) is 0.674. The Labute approximate surface area is 151 Å². The highest BCUT2D eigenvalue weighted by molar-refractivity contribution is 6.48. The number of nitrogens with zero attached hydrogens (tertiary/aromatic N) is 1. The zero-order valence-electron chi connectivity index (χ0n) is 12.2. The summed E-state index contributed by atoms with van der Waals surface area (Å²) in [6.45, 7) is 1.09. The fourth-order valence-corrected chi connectivity index (χ4v) is 2.26. The first-order valence-corrected chi connectivity index (χ1v) is 7.65. The molecule has 9 heteroatoms. The summed E-state index contributed by atoms with van der Waals surface area (Å²) in [5, 5.41) is 2.30. The molecule has 2 rings (SSSR count). The number of hydrogen-bond acceptors (Lipinski definition) is 4. The molecular weight excluding hydrogens is 382 g/mol. The van der Waals surface area contributed by atoms with Crippen molar-refractivity contribution < 1.29 is 18.7 Å². The van der Waals surface area contributed by atoms with E-state index < -0.39 is 24.3 Å². The van der Waals surface area contributed by atoms with E-state index in [2.05, 4.69) is 10.3 Å². The molecule has 0 saturated heterocycles. The highest BCUT2D eigenvalue weighted by atomic mass is 35.5. The summed E-state index contributed by atoms with van der Waals surface area (Å²) in [5.74, 6) is -2.09. The molecule has 0 aliphatic rings. The summed E-state index contributed by atoms with van der Waals surface area (Å²) in [7, 11) is 0. The summed E-state index contributed by atoms with van der Waals surface area (Å²) < 4.78 is 18.0. The van der Waals surface area contributed by atoms with Gasteiger partial charge in [0.15, 0.2) is 12.3 Å². The summed E-state index contributed by atoms with van der Waals surface area (Å²) >= 11 is 17.4. The van der Waals surface area contributed by atoms with Crippen molar-refractivity contribution in [1.82, 2.24) is 4.98 Å².